The van der Waals surface area contributed by atoms with Gasteiger partial charge in [-0.15, -0.1) is 22.0 Å². The van der Waals surface area contributed by atoms with Crippen molar-refractivity contribution >= 4 is 10.1 Å². The van der Waals surface area contributed by atoms with Crippen LogP contribution in [-0.2, 0) is 19.6 Å². The molecule has 0 amide bonds. The Kier molecular flexibility index (Phi) is 4.44. The van der Waals surface area contributed by atoms with Gasteiger partial charge in [-0.25, -0.2) is 4.74 Å². The minimum Gasteiger partial charge on any atom is -0.281 e. The molecule has 5 nitrogen and oxygen atoms in total. The molecule has 1 N–H and O–H groups in total. The molecule has 0 heterocycles. The molecule has 0 spiro atoms. The molecule has 19 heavy (non-hydrogen) atoms. The summed E-state index contributed by atoms with van der Waals surface area (Å²) in [6.45, 7) is 0. The quantitative estimate of drug-likeness (QED) is 0.475. The topological polar surface area (TPSA) is 72.8 Å². The first-order chi connectivity index (χ1) is 7.91. The Bertz CT molecular complexity index is 424. The van der Waals surface area contributed by atoms with Crippen molar-refractivity contribution in [3.63, 3.8) is 0 Å². The molecule has 116 valence electrons. The summed E-state index contributed by atoms with van der Waals surface area (Å²) in [6, 6.07) is 0. The molecule has 0 rings (SSSR count). The maximum Gasteiger partial charge on any atom is 0.529 e. The van der Waals surface area contributed by atoms with Crippen LogP contribution in [0.5, 0.6) is 0 Å². The van der Waals surface area contributed by atoms with E-state index in [4.69, 9.17) is 4.55 Å². The second-order valence-electron chi connectivity index (χ2n) is 2.62. The summed E-state index contributed by atoms with van der Waals surface area (Å²) in [4.78, 5) is 0. The Labute approximate surface area is 97.2 Å². The predicted molar refractivity (Wildman–Crippen MR) is 34.6 cm³/mol. The summed E-state index contributed by atoms with van der Waals surface area (Å²) in [5.74, 6) is 0. The number of alkyl halides is 9. The van der Waals surface area contributed by atoms with E-state index in [1.807, 2.05) is 0 Å². The molecular formula is C4HF9O5S. The smallest absolute Gasteiger partial charge is 0.281 e. The van der Waals surface area contributed by atoms with Gasteiger partial charge in [0.2, 0.25) is 0 Å². The van der Waals surface area contributed by atoms with E-state index in [-0.39, 0.29) is 0 Å². The monoisotopic (exact) mass is 332 g/mol. The van der Waals surface area contributed by atoms with E-state index in [0.29, 0.717) is 0 Å². The van der Waals surface area contributed by atoms with Gasteiger partial charge in [0.25, 0.3) is 0 Å². The van der Waals surface area contributed by atoms with Crippen LogP contribution in [0.2, 0.25) is 0 Å². The van der Waals surface area contributed by atoms with E-state index in [1.54, 1.807) is 9.47 Å². The Morgan fingerprint density at radius 3 is 1.42 bits per heavy atom. The fourth-order valence-corrected chi connectivity index (χ4v) is 0.856. The molecule has 15 heteroatoms. The molecule has 0 aliphatic heterocycles. The maximum absolute atomic E-state index is 12.3. The fraction of sp³-hybridized carbons (Fsp3) is 1.00. The van der Waals surface area contributed by atoms with Crippen LogP contribution >= 0.6 is 0 Å². The second kappa shape index (κ2) is 4.64. The summed E-state index contributed by atoms with van der Waals surface area (Å²) >= 11 is 0. The van der Waals surface area contributed by atoms with Crippen LogP contribution < -0.4 is 0 Å². The molecule has 0 saturated heterocycles. The summed E-state index contributed by atoms with van der Waals surface area (Å²) in [5.41, 5.74) is 0. The molecule has 0 aliphatic carbocycles. The molecular weight excluding hydrogens is 331 g/mol. The number of halogens is 9. The first-order valence-electron chi connectivity index (χ1n) is 3.49. The lowest BCUT2D eigenvalue weighted by Gasteiger charge is -2.27. The lowest BCUT2D eigenvalue weighted by atomic mass is 10.6. The first-order valence-corrected chi connectivity index (χ1v) is 4.93. The highest BCUT2D eigenvalue weighted by molar-refractivity contribution is 7.86. The summed E-state index contributed by atoms with van der Waals surface area (Å²) < 4.78 is 138. The molecule has 0 saturated carbocycles. The van der Waals surface area contributed by atoms with Crippen molar-refractivity contribution < 1.29 is 62.0 Å². The number of rotatable bonds is 5. The van der Waals surface area contributed by atoms with Crippen LogP contribution in [0.4, 0.5) is 39.5 Å². The summed E-state index contributed by atoms with van der Waals surface area (Å²) in [6.07, 6.45) is -19.3. The fourth-order valence-electron chi connectivity index (χ4n) is 0.514. The van der Waals surface area contributed by atoms with Gasteiger partial charge in [0.05, 0.1) is 0 Å². The Morgan fingerprint density at radius 1 is 0.789 bits per heavy atom. The van der Waals surface area contributed by atoms with Crippen LogP contribution in [0.3, 0.4) is 0 Å². The molecule has 0 radical (unpaired) electrons. The van der Waals surface area contributed by atoms with E-state index in [0.717, 1.165) is 0 Å². The zero-order valence-electron chi connectivity index (χ0n) is 7.89. The normalized spacial score (nSPS) is 15.7. The minimum absolute atomic E-state index is 1.62. The molecule has 0 atom stereocenters. The Hall–Kier alpha value is -0.800. The number of hydrogen-bond donors (Lipinski definition) is 1. The minimum atomic E-state index is -6.95. The molecule has 0 aromatic rings. The SMILES string of the molecule is O=S(=O)(O)C(F)(F)C(F)(F)OC(F)(F)OC(F)(F)F. The number of hydrogen-bond acceptors (Lipinski definition) is 4. The van der Waals surface area contributed by atoms with Crippen LogP contribution in [-0.4, -0.2) is 37.0 Å². The average Bonchev–Trinajstić information content (AvgIpc) is 1.92. The Morgan fingerprint density at radius 2 is 1.16 bits per heavy atom. The highest BCUT2D eigenvalue weighted by Gasteiger charge is 2.71. The third-order valence-corrected chi connectivity index (χ3v) is 2.03. The third kappa shape index (κ3) is 4.66. The van der Waals surface area contributed by atoms with Crippen molar-refractivity contribution in [2.24, 2.45) is 0 Å². The van der Waals surface area contributed by atoms with Crippen molar-refractivity contribution in [2.75, 3.05) is 0 Å². The molecule has 0 aliphatic rings. The van der Waals surface area contributed by atoms with E-state index >= 15 is 0 Å². The lowest BCUT2D eigenvalue weighted by Crippen LogP contribution is -2.52. The van der Waals surface area contributed by atoms with Gasteiger partial charge >= 0.3 is 34.1 Å². The van der Waals surface area contributed by atoms with E-state index < -0.39 is 34.1 Å². The first kappa shape index (κ1) is 18.2. The van der Waals surface area contributed by atoms with Gasteiger partial charge in [0.1, 0.15) is 0 Å². The van der Waals surface area contributed by atoms with Gasteiger partial charge in [0, 0.05) is 0 Å². The van der Waals surface area contributed by atoms with E-state index in [1.165, 1.54) is 0 Å². The van der Waals surface area contributed by atoms with Gasteiger partial charge in [-0.3, -0.25) is 4.55 Å². The van der Waals surface area contributed by atoms with Crippen molar-refractivity contribution in [1.82, 2.24) is 0 Å². The highest BCUT2D eigenvalue weighted by atomic mass is 32.2. The maximum atomic E-state index is 12.3. The largest absolute Gasteiger partial charge is 0.529 e. The lowest BCUT2D eigenvalue weighted by molar-refractivity contribution is -0.544. The van der Waals surface area contributed by atoms with Crippen LogP contribution in [0.1, 0.15) is 0 Å². The zero-order valence-corrected chi connectivity index (χ0v) is 8.71. The van der Waals surface area contributed by atoms with Crippen molar-refractivity contribution in [3.8, 4) is 0 Å². The van der Waals surface area contributed by atoms with E-state index in [2.05, 4.69) is 0 Å². The standard InChI is InChI=1S/C4HF9O5S/c5-1(6,2(7,8)19(14,15)16)17-4(12,13)18-3(9,10)11/h(H,14,15,16). The van der Waals surface area contributed by atoms with Crippen LogP contribution in [0.15, 0.2) is 0 Å². The number of ether oxygens (including phenoxy) is 2. The third-order valence-electron chi connectivity index (χ3n) is 1.14. The summed E-state index contributed by atoms with van der Waals surface area (Å²) in [7, 11) is -6.95. The van der Waals surface area contributed by atoms with E-state index in [9.17, 15) is 47.9 Å². The average molecular weight is 332 g/mol. The zero-order chi connectivity index (χ0) is 15.9. The molecule has 0 fully saturated rings. The van der Waals surface area contributed by atoms with Crippen LogP contribution in [0, 0.1) is 0 Å². The molecule has 0 bridgehead atoms. The van der Waals surface area contributed by atoms with Gasteiger partial charge < -0.3 is 0 Å². The van der Waals surface area contributed by atoms with Crippen LogP contribution in [0.25, 0.3) is 0 Å². The Balaban J connectivity index is 5.27. The van der Waals surface area contributed by atoms with Crippen molar-refractivity contribution in [3.05, 3.63) is 0 Å². The second-order valence-corrected chi connectivity index (χ2v) is 4.08. The van der Waals surface area contributed by atoms with Crippen molar-refractivity contribution in [2.45, 2.75) is 24.0 Å². The van der Waals surface area contributed by atoms with Gasteiger partial charge in [0.15, 0.2) is 0 Å². The van der Waals surface area contributed by atoms with Crippen molar-refractivity contribution in [1.29, 1.82) is 0 Å². The molecule has 0 unspecified atom stereocenters. The van der Waals surface area contributed by atoms with Gasteiger partial charge in [-0.05, 0) is 0 Å². The predicted octanol–water partition coefficient (Wildman–Crippen LogP) is 2.16. The molecule has 0 aromatic heterocycles. The highest BCUT2D eigenvalue weighted by Crippen LogP contribution is 2.43. The van der Waals surface area contributed by atoms with Gasteiger partial charge in [-0.2, -0.15) is 30.7 Å². The summed E-state index contributed by atoms with van der Waals surface area (Å²) in [5, 5.41) is -6.64. The van der Waals surface area contributed by atoms with Gasteiger partial charge in [-0.1, -0.05) is 0 Å². The molecule has 0 aromatic carbocycles.